The fourth-order valence-electron chi connectivity index (χ4n) is 2.77. The highest BCUT2D eigenvalue weighted by Crippen LogP contribution is 2.58. The number of carbonyl (C=O) groups excluding carboxylic acids is 2. The third-order valence-electron chi connectivity index (χ3n) is 3.81. The second-order valence-electron chi connectivity index (χ2n) is 4.61. The van der Waals surface area contributed by atoms with Crippen LogP contribution in [0.3, 0.4) is 0 Å². The van der Waals surface area contributed by atoms with Gasteiger partial charge in [0.05, 0.1) is 11.3 Å². The Labute approximate surface area is 96.7 Å². The molecule has 86 valence electrons. The Kier molecular flexibility index (Phi) is 1.39. The lowest BCUT2D eigenvalue weighted by Gasteiger charge is -2.10. The molecule has 0 radical (unpaired) electrons. The third-order valence-corrected chi connectivity index (χ3v) is 3.81. The number of piperidine rings is 1. The number of hydrogen-bond donors (Lipinski definition) is 1. The first kappa shape index (κ1) is 9.04. The van der Waals surface area contributed by atoms with E-state index in [9.17, 15) is 9.59 Å². The molecular weight excluding hydrogens is 222 g/mol. The lowest BCUT2D eigenvalue weighted by Crippen LogP contribution is -2.30. The molecule has 0 bridgehead atoms. The normalized spacial score (nSPS) is 32.4. The lowest BCUT2D eigenvalue weighted by molar-refractivity contribution is -0.127. The van der Waals surface area contributed by atoms with Crippen molar-refractivity contribution in [3.05, 3.63) is 23.8 Å². The summed E-state index contributed by atoms with van der Waals surface area (Å²) in [6, 6.07) is 5.43. The Bertz CT molecular complexity index is 568. The first-order valence-electron chi connectivity index (χ1n) is 5.47. The van der Waals surface area contributed by atoms with E-state index in [0.29, 0.717) is 17.9 Å². The van der Waals surface area contributed by atoms with Crippen molar-refractivity contribution in [2.24, 2.45) is 5.92 Å². The van der Waals surface area contributed by atoms with Crippen molar-refractivity contribution in [3.8, 4) is 11.5 Å². The van der Waals surface area contributed by atoms with Gasteiger partial charge in [-0.05, 0) is 24.1 Å². The van der Waals surface area contributed by atoms with E-state index in [4.69, 9.17) is 9.47 Å². The average Bonchev–Trinajstić information content (AvgIpc) is 2.83. The molecule has 2 fully saturated rings. The second kappa shape index (κ2) is 2.61. The molecule has 2 atom stereocenters. The summed E-state index contributed by atoms with van der Waals surface area (Å²) < 4.78 is 10.5. The van der Waals surface area contributed by atoms with Crippen LogP contribution in [0.25, 0.3) is 0 Å². The van der Waals surface area contributed by atoms with Gasteiger partial charge in [0.1, 0.15) is 0 Å². The summed E-state index contributed by atoms with van der Waals surface area (Å²) in [7, 11) is 0. The van der Waals surface area contributed by atoms with E-state index in [-0.39, 0.29) is 24.5 Å². The highest BCUT2D eigenvalue weighted by Gasteiger charge is 2.69. The van der Waals surface area contributed by atoms with Gasteiger partial charge in [-0.2, -0.15) is 0 Å². The molecule has 1 aromatic carbocycles. The van der Waals surface area contributed by atoms with Crippen LogP contribution in [-0.2, 0) is 15.0 Å². The summed E-state index contributed by atoms with van der Waals surface area (Å²) in [4.78, 5) is 23.3. The van der Waals surface area contributed by atoms with Crippen molar-refractivity contribution in [2.75, 3.05) is 6.79 Å². The highest BCUT2D eigenvalue weighted by molar-refractivity contribution is 6.15. The number of carbonyl (C=O) groups is 2. The van der Waals surface area contributed by atoms with Crippen molar-refractivity contribution >= 4 is 11.8 Å². The van der Waals surface area contributed by atoms with Crippen molar-refractivity contribution in [2.45, 2.75) is 11.8 Å². The second-order valence-corrected chi connectivity index (χ2v) is 4.61. The number of fused-ring (bicyclic) bond motifs is 2. The van der Waals surface area contributed by atoms with Crippen LogP contribution < -0.4 is 14.8 Å². The van der Waals surface area contributed by atoms with Gasteiger partial charge in [0.25, 0.3) is 0 Å². The minimum Gasteiger partial charge on any atom is -0.454 e. The SMILES string of the molecule is O=C1NC(=O)C2(c3ccc4c(c3)OCO4)CC12. The standard InChI is InChI=1S/C12H9NO4/c14-10-7-4-12(7,11(15)13-10)6-1-2-8-9(3-6)17-5-16-8/h1-3,7H,4-5H2,(H,13,14,15). The Morgan fingerprint density at radius 3 is 2.76 bits per heavy atom. The Morgan fingerprint density at radius 2 is 2.06 bits per heavy atom. The highest BCUT2D eigenvalue weighted by atomic mass is 16.7. The molecule has 2 unspecified atom stereocenters. The molecule has 2 heterocycles. The molecule has 1 aliphatic carbocycles. The topological polar surface area (TPSA) is 64.6 Å². The van der Waals surface area contributed by atoms with Gasteiger partial charge in [0.15, 0.2) is 11.5 Å². The predicted molar refractivity (Wildman–Crippen MR) is 55.5 cm³/mol. The number of imide groups is 1. The number of hydrogen-bond acceptors (Lipinski definition) is 4. The van der Waals surface area contributed by atoms with Crippen LogP contribution in [0.15, 0.2) is 18.2 Å². The van der Waals surface area contributed by atoms with Crippen molar-refractivity contribution < 1.29 is 19.1 Å². The van der Waals surface area contributed by atoms with Crippen LogP contribution in [-0.4, -0.2) is 18.6 Å². The fourth-order valence-corrected chi connectivity index (χ4v) is 2.77. The summed E-state index contributed by atoms with van der Waals surface area (Å²) in [6.45, 7) is 0.209. The van der Waals surface area contributed by atoms with Gasteiger partial charge in [-0.1, -0.05) is 6.07 Å². The van der Waals surface area contributed by atoms with E-state index in [2.05, 4.69) is 5.32 Å². The fraction of sp³-hybridized carbons (Fsp3) is 0.333. The molecule has 4 rings (SSSR count). The van der Waals surface area contributed by atoms with E-state index < -0.39 is 5.41 Å². The molecule has 1 saturated carbocycles. The zero-order chi connectivity index (χ0) is 11.6. The first-order chi connectivity index (χ1) is 8.22. The lowest BCUT2D eigenvalue weighted by atomic mass is 9.94. The zero-order valence-corrected chi connectivity index (χ0v) is 8.86. The van der Waals surface area contributed by atoms with Crippen molar-refractivity contribution in [1.29, 1.82) is 0 Å². The van der Waals surface area contributed by atoms with Crippen LogP contribution in [0.4, 0.5) is 0 Å². The smallest absolute Gasteiger partial charge is 0.238 e. The molecule has 1 N–H and O–H groups in total. The largest absolute Gasteiger partial charge is 0.454 e. The zero-order valence-electron chi connectivity index (χ0n) is 8.86. The minimum absolute atomic E-state index is 0.160. The number of benzene rings is 1. The van der Waals surface area contributed by atoms with E-state index in [1.54, 1.807) is 12.1 Å². The van der Waals surface area contributed by atoms with Crippen LogP contribution >= 0.6 is 0 Å². The summed E-state index contributed by atoms with van der Waals surface area (Å²) in [5, 5.41) is 2.37. The average molecular weight is 231 g/mol. The molecule has 0 spiro atoms. The minimum atomic E-state index is -0.641. The maximum atomic E-state index is 11.8. The van der Waals surface area contributed by atoms with Gasteiger partial charge in [-0.15, -0.1) is 0 Å². The molecule has 2 amide bonds. The number of rotatable bonds is 1. The number of ether oxygens (including phenoxy) is 2. The molecule has 1 aromatic rings. The van der Waals surface area contributed by atoms with Crippen LogP contribution in [0.5, 0.6) is 11.5 Å². The molecule has 0 aromatic heterocycles. The quantitative estimate of drug-likeness (QED) is 0.707. The van der Waals surface area contributed by atoms with Gasteiger partial charge in [0, 0.05) is 0 Å². The molecule has 2 aliphatic heterocycles. The Morgan fingerprint density at radius 1 is 1.24 bits per heavy atom. The summed E-state index contributed by atoms with van der Waals surface area (Å²) >= 11 is 0. The third kappa shape index (κ3) is 0.945. The van der Waals surface area contributed by atoms with Crippen LogP contribution in [0.1, 0.15) is 12.0 Å². The van der Waals surface area contributed by atoms with Gasteiger partial charge in [0.2, 0.25) is 18.6 Å². The molecule has 17 heavy (non-hydrogen) atoms. The molecule has 3 aliphatic rings. The van der Waals surface area contributed by atoms with Gasteiger partial charge >= 0.3 is 0 Å². The summed E-state index contributed by atoms with van der Waals surface area (Å²) in [5.41, 5.74) is 0.202. The Hall–Kier alpha value is -2.04. The van der Waals surface area contributed by atoms with Crippen LogP contribution in [0.2, 0.25) is 0 Å². The maximum Gasteiger partial charge on any atom is 0.238 e. The summed E-state index contributed by atoms with van der Waals surface area (Å²) in [5.74, 6) is 0.788. The molecule has 1 saturated heterocycles. The van der Waals surface area contributed by atoms with E-state index >= 15 is 0 Å². The molecular formula is C12H9NO4. The van der Waals surface area contributed by atoms with Gasteiger partial charge in [-0.3, -0.25) is 14.9 Å². The first-order valence-corrected chi connectivity index (χ1v) is 5.47. The Balaban J connectivity index is 1.82. The monoisotopic (exact) mass is 231 g/mol. The van der Waals surface area contributed by atoms with Gasteiger partial charge in [-0.25, -0.2) is 0 Å². The molecule has 5 nitrogen and oxygen atoms in total. The van der Waals surface area contributed by atoms with E-state index in [1.165, 1.54) is 0 Å². The van der Waals surface area contributed by atoms with Crippen molar-refractivity contribution in [1.82, 2.24) is 5.32 Å². The van der Waals surface area contributed by atoms with Crippen LogP contribution in [0, 0.1) is 5.92 Å². The number of amides is 2. The maximum absolute atomic E-state index is 11.8. The number of nitrogens with one attached hydrogen (secondary N) is 1. The van der Waals surface area contributed by atoms with E-state index in [0.717, 1.165) is 5.56 Å². The predicted octanol–water partition coefficient (Wildman–Crippen LogP) is 0.329. The van der Waals surface area contributed by atoms with E-state index in [1.807, 2.05) is 6.07 Å². The molecule has 5 heteroatoms. The van der Waals surface area contributed by atoms with Crippen molar-refractivity contribution in [3.63, 3.8) is 0 Å². The summed E-state index contributed by atoms with van der Waals surface area (Å²) in [6.07, 6.45) is 0.608. The van der Waals surface area contributed by atoms with Gasteiger partial charge < -0.3 is 9.47 Å².